The number of anilines is 1. The molecule has 0 radical (unpaired) electrons. The molecule has 0 saturated heterocycles. The van der Waals surface area contributed by atoms with Gasteiger partial charge in [-0.1, -0.05) is 78.6 Å². The Hall–Kier alpha value is -3.57. The van der Waals surface area contributed by atoms with Gasteiger partial charge in [0, 0.05) is 23.6 Å². The molecule has 1 N–H and O–H groups in total. The van der Waals surface area contributed by atoms with Crippen LogP contribution in [0.25, 0.3) is 22.2 Å². The monoisotopic (exact) mass is 334 g/mol. The first-order valence-electron chi connectivity index (χ1n) is 8.60. The minimum absolute atomic E-state index is 0.900. The second-order valence-corrected chi connectivity index (χ2v) is 5.96. The molecule has 0 saturated carbocycles. The lowest BCUT2D eigenvalue weighted by Gasteiger charge is -2.13. The average Bonchev–Trinajstić information content (AvgIpc) is 2.72. The van der Waals surface area contributed by atoms with Crippen LogP contribution in [0.3, 0.4) is 0 Å². The summed E-state index contributed by atoms with van der Waals surface area (Å²) in [4.78, 5) is 4.92. The van der Waals surface area contributed by atoms with Crippen molar-refractivity contribution >= 4 is 16.6 Å². The number of rotatable bonds is 2. The summed E-state index contributed by atoms with van der Waals surface area (Å²) in [5.41, 5.74) is 5.84. The second-order valence-electron chi connectivity index (χ2n) is 5.96. The Morgan fingerprint density at radius 3 is 2.12 bits per heavy atom. The maximum absolute atomic E-state index is 4.92. The molecule has 4 aromatic rings. The molecule has 1 aromatic heterocycles. The topological polar surface area (TPSA) is 24.9 Å². The van der Waals surface area contributed by atoms with Crippen molar-refractivity contribution in [2.24, 2.45) is 0 Å². The fraction of sp³-hybridized carbons (Fsp3) is 0.0417. The van der Waals surface area contributed by atoms with E-state index < -0.39 is 0 Å². The molecule has 26 heavy (non-hydrogen) atoms. The maximum Gasteiger partial charge on any atom is 0.0887 e. The molecular weight excluding hydrogens is 316 g/mol. The number of hydrogen-bond donors (Lipinski definition) is 1. The van der Waals surface area contributed by atoms with E-state index in [1.807, 2.05) is 73.8 Å². The van der Waals surface area contributed by atoms with E-state index in [0.717, 1.165) is 39.0 Å². The van der Waals surface area contributed by atoms with Gasteiger partial charge in [0.1, 0.15) is 0 Å². The zero-order valence-electron chi connectivity index (χ0n) is 14.5. The Labute approximate surface area is 153 Å². The van der Waals surface area contributed by atoms with E-state index in [1.165, 1.54) is 0 Å². The largest absolute Gasteiger partial charge is 0.386 e. The lowest BCUT2D eigenvalue weighted by molar-refractivity contribution is 1.36. The van der Waals surface area contributed by atoms with Crippen molar-refractivity contribution in [1.82, 2.24) is 4.98 Å². The Bertz CT molecular complexity index is 1100. The van der Waals surface area contributed by atoms with Crippen LogP contribution >= 0.6 is 0 Å². The SMILES string of the molecule is CNc1c(C#Cc2ccccc2)c(-c2ccccc2)nc2ccccc12. The molecule has 0 atom stereocenters. The Morgan fingerprint density at radius 2 is 1.38 bits per heavy atom. The molecule has 3 aromatic carbocycles. The number of nitrogens with one attached hydrogen (secondary N) is 1. The van der Waals surface area contributed by atoms with Crippen molar-refractivity contribution in [3.63, 3.8) is 0 Å². The predicted molar refractivity (Wildman–Crippen MR) is 109 cm³/mol. The fourth-order valence-electron chi connectivity index (χ4n) is 3.05. The van der Waals surface area contributed by atoms with Crippen molar-refractivity contribution < 1.29 is 0 Å². The third kappa shape index (κ3) is 3.03. The van der Waals surface area contributed by atoms with Gasteiger partial charge >= 0.3 is 0 Å². The summed E-state index contributed by atoms with van der Waals surface area (Å²) >= 11 is 0. The highest BCUT2D eigenvalue weighted by atomic mass is 14.8. The molecule has 0 aliphatic carbocycles. The lowest BCUT2D eigenvalue weighted by atomic mass is 10.0. The number of pyridine rings is 1. The van der Waals surface area contributed by atoms with Crippen LogP contribution in [0.4, 0.5) is 5.69 Å². The normalized spacial score (nSPS) is 10.2. The quantitative estimate of drug-likeness (QED) is 0.500. The Kier molecular flexibility index (Phi) is 4.37. The first-order valence-corrected chi connectivity index (χ1v) is 8.60. The van der Waals surface area contributed by atoms with Crippen LogP contribution in [-0.4, -0.2) is 12.0 Å². The number of aromatic nitrogens is 1. The third-order valence-corrected chi connectivity index (χ3v) is 4.30. The van der Waals surface area contributed by atoms with Crippen LogP contribution in [0.2, 0.25) is 0 Å². The van der Waals surface area contributed by atoms with Gasteiger partial charge in [0.15, 0.2) is 0 Å². The molecule has 0 aliphatic rings. The molecule has 0 amide bonds. The number of fused-ring (bicyclic) bond motifs is 1. The lowest BCUT2D eigenvalue weighted by Crippen LogP contribution is -2.00. The van der Waals surface area contributed by atoms with Crippen molar-refractivity contribution in [2.75, 3.05) is 12.4 Å². The number of benzene rings is 3. The molecule has 0 bridgehead atoms. The number of para-hydroxylation sites is 1. The molecule has 0 unspecified atom stereocenters. The van der Waals surface area contributed by atoms with Gasteiger partial charge in [-0.15, -0.1) is 0 Å². The predicted octanol–water partition coefficient (Wildman–Crippen LogP) is 5.34. The minimum atomic E-state index is 0.900. The summed E-state index contributed by atoms with van der Waals surface area (Å²) < 4.78 is 0. The third-order valence-electron chi connectivity index (χ3n) is 4.30. The van der Waals surface area contributed by atoms with Gasteiger partial charge in [0.25, 0.3) is 0 Å². The van der Waals surface area contributed by atoms with Gasteiger partial charge in [0.05, 0.1) is 22.5 Å². The van der Waals surface area contributed by atoms with E-state index in [-0.39, 0.29) is 0 Å². The molecule has 4 rings (SSSR count). The summed E-state index contributed by atoms with van der Waals surface area (Å²) in [6.07, 6.45) is 0. The van der Waals surface area contributed by atoms with Crippen LogP contribution in [0.5, 0.6) is 0 Å². The van der Waals surface area contributed by atoms with Crippen molar-refractivity contribution in [3.05, 3.63) is 96.1 Å². The number of hydrogen-bond acceptors (Lipinski definition) is 2. The summed E-state index contributed by atoms with van der Waals surface area (Å²) in [5, 5.41) is 4.42. The fourth-order valence-corrected chi connectivity index (χ4v) is 3.05. The molecular formula is C24H18N2. The molecule has 0 fully saturated rings. The van der Waals surface area contributed by atoms with E-state index in [2.05, 4.69) is 35.4 Å². The first-order chi connectivity index (χ1) is 12.9. The minimum Gasteiger partial charge on any atom is -0.386 e. The van der Waals surface area contributed by atoms with E-state index in [1.54, 1.807) is 0 Å². The van der Waals surface area contributed by atoms with Crippen LogP contribution < -0.4 is 5.32 Å². The molecule has 2 heteroatoms. The van der Waals surface area contributed by atoms with E-state index in [0.29, 0.717) is 0 Å². The van der Waals surface area contributed by atoms with E-state index in [9.17, 15) is 0 Å². The number of nitrogens with zero attached hydrogens (tertiary/aromatic N) is 1. The summed E-state index contributed by atoms with van der Waals surface area (Å²) in [6, 6.07) is 28.4. The van der Waals surface area contributed by atoms with Crippen molar-refractivity contribution in [2.45, 2.75) is 0 Å². The van der Waals surface area contributed by atoms with Gasteiger partial charge in [-0.3, -0.25) is 0 Å². The molecule has 0 aliphatic heterocycles. The molecule has 0 spiro atoms. The summed E-state index contributed by atoms with van der Waals surface area (Å²) in [6.45, 7) is 0. The zero-order valence-corrected chi connectivity index (χ0v) is 14.5. The van der Waals surface area contributed by atoms with Crippen LogP contribution in [0.15, 0.2) is 84.9 Å². The molecule has 2 nitrogen and oxygen atoms in total. The standard InChI is InChI=1S/C24H18N2/c1-25-24-20-14-8-9-15-22(20)26-23(19-12-6-3-7-13-19)21(24)17-16-18-10-4-2-5-11-18/h2-15H,1H3,(H,25,26). The second kappa shape index (κ2) is 7.13. The molecule has 124 valence electrons. The highest BCUT2D eigenvalue weighted by Gasteiger charge is 2.14. The Balaban J connectivity index is 2.01. The van der Waals surface area contributed by atoms with Gasteiger partial charge in [-0.05, 0) is 18.2 Å². The van der Waals surface area contributed by atoms with Crippen molar-refractivity contribution in [3.8, 4) is 23.1 Å². The Morgan fingerprint density at radius 1 is 0.731 bits per heavy atom. The van der Waals surface area contributed by atoms with Crippen molar-refractivity contribution in [1.29, 1.82) is 0 Å². The van der Waals surface area contributed by atoms with Gasteiger partial charge < -0.3 is 5.32 Å². The maximum atomic E-state index is 4.92. The van der Waals surface area contributed by atoms with Crippen LogP contribution in [-0.2, 0) is 0 Å². The highest BCUT2D eigenvalue weighted by molar-refractivity contribution is 5.98. The summed E-state index contributed by atoms with van der Waals surface area (Å²) in [7, 11) is 1.93. The average molecular weight is 334 g/mol. The smallest absolute Gasteiger partial charge is 0.0887 e. The molecule has 1 heterocycles. The summed E-state index contributed by atoms with van der Waals surface area (Å²) in [5.74, 6) is 6.65. The van der Waals surface area contributed by atoms with Gasteiger partial charge in [-0.2, -0.15) is 0 Å². The first kappa shape index (κ1) is 15.9. The van der Waals surface area contributed by atoms with Crippen LogP contribution in [0.1, 0.15) is 11.1 Å². The zero-order chi connectivity index (χ0) is 17.8. The van der Waals surface area contributed by atoms with Gasteiger partial charge in [-0.25, -0.2) is 4.98 Å². The van der Waals surface area contributed by atoms with Crippen LogP contribution in [0, 0.1) is 11.8 Å². The highest BCUT2D eigenvalue weighted by Crippen LogP contribution is 2.33. The van der Waals surface area contributed by atoms with Gasteiger partial charge in [0.2, 0.25) is 0 Å². The van der Waals surface area contributed by atoms with E-state index in [4.69, 9.17) is 4.98 Å². The van der Waals surface area contributed by atoms with E-state index >= 15 is 0 Å².